The van der Waals surface area contributed by atoms with E-state index in [0.717, 1.165) is 18.4 Å². The maximum atomic E-state index is 12.6. The number of thiol groups is 1. The minimum Gasteiger partial charge on any atom is -0.381 e. The summed E-state index contributed by atoms with van der Waals surface area (Å²) in [6, 6.07) is 7.36. The van der Waals surface area contributed by atoms with E-state index in [1.54, 1.807) is 6.07 Å². The highest BCUT2D eigenvalue weighted by atomic mass is 32.1. The van der Waals surface area contributed by atoms with Crippen molar-refractivity contribution in [2.24, 2.45) is 5.41 Å². The van der Waals surface area contributed by atoms with Crippen molar-refractivity contribution in [3.8, 4) is 0 Å². The number of rotatable bonds is 3. The Hall–Kier alpha value is -1.33. The second-order valence-electron chi connectivity index (χ2n) is 5.89. The van der Waals surface area contributed by atoms with Crippen LogP contribution in [0.5, 0.6) is 0 Å². The maximum Gasteiger partial charge on any atom is 0.260 e. The Balaban J connectivity index is 1.85. The quantitative estimate of drug-likeness (QED) is 0.686. The molecule has 0 spiro atoms. The molecule has 1 fully saturated rings. The van der Waals surface area contributed by atoms with E-state index in [4.69, 9.17) is 4.74 Å². The zero-order valence-corrected chi connectivity index (χ0v) is 12.8. The monoisotopic (exact) mass is 305 g/mol. The molecule has 0 N–H and O–H groups in total. The van der Waals surface area contributed by atoms with Crippen LogP contribution in [0.2, 0.25) is 0 Å². The van der Waals surface area contributed by atoms with E-state index in [0.29, 0.717) is 37.5 Å². The fourth-order valence-corrected chi connectivity index (χ4v) is 3.48. The van der Waals surface area contributed by atoms with E-state index < -0.39 is 0 Å². The van der Waals surface area contributed by atoms with Gasteiger partial charge in [-0.1, -0.05) is 18.2 Å². The average Bonchev–Trinajstić information content (AvgIpc) is 2.52. The van der Waals surface area contributed by atoms with Crippen molar-refractivity contribution < 1.29 is 14.3 Å². The first-order valence-electron chi connectivity index (χ1n) is 7.26. The average molecular weight is 305 g/mol. The Morgan fingerprint density at radius 1 is 1.19 bits per heavy atom. The Morgan fingerprint density at radius 3 is 2.62 bits per heavy atom. The van der Waals surface area contributed by atoms with Gasteiger partial charge in [0.1, 0.15) is 0 Å². The highest BCUT2D eigenvalue weighted by Gasteiger charge is 2.39. The van der Waals surface area contributed by atoms with Crippen molar-refractivity contribution in [1.29, 1.82) is 0 Å². The van der Waals surface area contributed by atoms with Gasteiger partial charge in [0.15, 0.2) is 0 Å². The van der Waals surface area contributed by atoms with Crippen molar-refractivity contribution in [3.05, 3.63) is 35.4 Å². The summed E-state index contributed by atoms with van der Waals surface area (Å²) < 4.78 is 5.40. The molecule has 5 heteroatoms. The molecule has 21 heavy (non-hydrogen) atoms. The maximum absolute atomic E-state index is 12.6. The minimum absolute atomic E-state index is 0.105. The van der Waals surface area contributed by atoms with E-state index in [2.05, 4.69) is 12.6 Å². The van der Waals surface area contributed by atoms with E-state index in [1.165, 1.54) is 4.90 Å². The van der Waals surface area contributed by atoms with Gasteiger partial charge in [-0.05, 0) is 30.2 Å². The van der Waals surface area contributed by atoms with E-state index in [1.807, 2.05) is 18.2 Å². The summed E-state index contributed by atoms with van der Waals surface area (Å²) in [5.41, 5.74) is 1.37. The smallest absolute Gasteiger partial charge is 0.260 e. The molecule has 2 aliphatic rings. The number of amides is 2. The second kappa shape index (κ2) is 5.81. The lowest BCUT2D eigenvalue weighted by Crippen LogP contribution is -2.50. The Bertz CT molecular complexity index is 566. The van der Waals surface area contributed by atoms with Gasteiger partial charge in [0.2, 0.25) is 5.91 Å². The van der Waals surface area contributed by atoms with Gasteiger partial charge in [0.25, 0.3) is 5.91 Å². The van der Waals surface area contributed by atoms with Crippen LogP contribution in [0.3, 0.4) is 0 Å². The molecule has 0 aromatic heterocycles. The number of ether oxygens (including phenoxy) is 1. The van der Waals surface area contributed by atoms with Crippen molar-refractivity contribution in [2.75, 3.05) is 25.5 Å². The standard InChI is InChI=1S/C16H19NO3S/c18-14-9-12-3-1-2-4-13(12)15(19)17(14)10-16(11-21)5-7-20-8-6-16/h1-4,21H,5-11H2. The van der Waals surface area contributed by atoms with Crippen molar-refractivity contribution in [3.63, 3.8) is 0 Å². The third-order valence-corrected chi connectivity index (χ3v) is 5.19. The van der Waals surface area contributed by atoms with Crippen LogP contribution in [-0.2, 0) is 16.0 Å². The Morgan fingerprint density at radius 2 is 1.90 bits per heavy atom. The SMILES string of the molecule is O=C1Cc2ccccc2C(=O)N1CC1(CS)CCOCC1. The first-order chi connectivity index (χ1) is 10.2. The third-order valence-electron chi connectivity index (χ3n) is 4.52. The van der Waals surface area contributed by atoms with Crippen molar-refractivity contribution in [2.45, 2.75) is 19.3 Å². The van der Waals surface area contributed by atoms with Crippen molar-refractivity contribution in [1.82, 2.24) is 4.90 Å². The van der Waals surface area contributed by atoms with E-state index in [9.17, 15) is 9.59 Å². The molecule has 3 rings (SSSR count). The molecule has 1 aromatic carbocycles. The minimum atomic E-state index is -0.172. The largest absolute Gasteiger partial charge is 0.381 e. The van der Waals surface area contributed by atoms with Crippen LogP contribution in [-0.4, -0.2) is 42.2 Å². The summed E-state index contributed by atoms with van der Waals surface area (Å²) in [6.07, 6.45) is 1.99. The number of nitrogens with zero attached hydrogens (tertiary/aromatic N) is 1. The van der Waals surface area contributed by atoms with Gasteiger partial charge < -0.3 is 4.74 Å². The van der Waals surface area contributed by atoms with Gasteiger partial charge in [0, 0.05) is 30.7 Å². The Kier molecular flexibility index (Phi) is 4.04. The molecule has 0 radical (unpaired) electrons. The molecule has 4 nitrogen and oxygen atoms in total. The predicted octanol–water partition coefficient (Wildman–Crippen LogP) is 1.94. The van der Waals surface area contributed by atoms with Crippen LogP contribution in [0.4, 0.5) is 0 Å². The summed E-state index contributed by atoms with van der Waals surface area (Å²) in [5, 5.41) is 0. The highest BCUT2D eigenvalue weighted by Crippen LogP contribution is 2.34. The van der Waals surface area contributed by atoms with Crippen LogP contribution in [0.25, 0.3) is 0 Å². The number of hydrogen-bond donors (Lipinski definition) is 1. The predicted molar refractivity (Wildman–Crippen MR) is 82.5 cm³/mol. The lowest BCUT2D eigenvalue weighted by atomic mass is 9.81. The molecule has 0 aliphatic carbocycles. The summed E-state index contributed by atoms with van der Waals surface area (Å²) in [6.45, 7) is 1.80. The second-order valence-corrected chi connectivity index (χ2v) is 6.21. The summed E-state index contributed by atoms with van der Waals surface area (Å²) in [7, 11) is 0. The van der Waals surface area contributed by atoms with Crippen LogP contribution in [0, 0.1) is 5.41 Å². The summed E-state index contributed by atoms with van der Waals surface area (Å²) in [5.74, 6) is 0.385. The number of carbonyl (C=O) groups excluding carboxylic acids is 2. The molecule has 1 aromatic rings. The fraction of sp³-hybridized carbons (Fsp3) is 0.500. The molecule has 0 bridgehead atoms. The molecule has 112 valence electrons. The zero-order chi connectivity index (χ0) is 14.9. The van der Waals surface area contributed by atoms with Crippen molar-refractivity contribution >= 4 is 24.4 Å². The number of carbonyl (C=O) groups is 2. The van der Waals surface area contributed by atoms with Crippen LogP contribution >= 0.6 is 12.6 Å². The topological polar surface area (TPSA) is 46.6 Å². The van der Waals surface area contributed by atoms with Gasteiger partial charge in [-0.3, -0.25) is 14.5 Å². The number of benzene rings is 1. The van der Waals surface area contributed by atoms with Gasteiger partial charge >= 0.3 is 0 Å². The molecule has 2 amide bonds. The normalized spacial score (nSPS) is 21.3. The molecule has 0 unspecified atom stereocenters. The fourth-order valence-electron chi connectivity index (χ4n) is 3.07. The third kappa shape index (κ3) is 2.72. The molecule has 0 saturated carbocycles. The van der Waals surface area contributed by atoms with Gasteiger partial charge in [-0.15, -0.1) is 0 Å². The molecule has 2 heterocycles. The van der Waals surface area contributed by atoms with Gasteiger partial charge in [-0.2, -0.15) is 12.6 Å². The molecular formula is C16H19NO3S. The summed E-state index contributed by atoms with van der Waals surface area (Å²) >= 11 is 4.46. The molecule has 1 saturated heterocycles. The van der Waals surface area contributed by atoms with E-state index >= 15 is 0 Å². The van der Waals surface area contributed by atoms with Gasteiger partial charge in [-0.25, -0.2) is 0 Å². The number of imide groups is 1. The molecule has 0 atom stereocenters. The number of hydrogen-bond acceptors (Lipinski definition) is 4. The first kappa shape index (κ1) is 14.6. The first-order valence-corrected chi connectivity index (χ1v) is 7.90. The van der Waals surface area contributed by atoms with Crippen LogP contribution in [0.1, 0.15) is 28.8 Å². The number of fused-ring (bicyclic) bond motifs is 1. The lowest BCUT2D eigenvalue weighted by molar-refractivity contribution is -0.130. The van der Waals surface area contributed by atoms with Crippen LogP contribution < -0.4 is 0 Å². The summed E-state index contributed by atoms with van der Waals surface area (Å²) in [4.78, 5) is 26.4. The molecular weight excluding hydrogens is 286 g/mol. The van der Waals surface area contributed by atoms with Gasteiger partial charge in [0.05, 0.1) is 6.42 Å². The highest BCUT2D eigenvalue weighted by molar-refractivity contribution is 7.80. The Labute approximate surface area is 129 Å². The molecule has 2 aliphatic heterocycles. The van der Waals surface area contributed by atoms with Crippen LogP contribution in [0.15, 0.2) is 24.3 Å². The zero-order valence-electron chi connectivity index (χ0n) is 11.9. The lowest BCUT2D eigenvalue weighted by Gasteiger charge is -2.40. The van der Waals surface area contributed by atoms with E-state index in [-0.39, 0.29) is 17.2 Å².